The van der Waals surface area contributed by atoms with Crippen LogP contribution in [0.3, 0.4) is 0 Å². The molecule has 0 radical (unpaired) electrons. The molecule has 4 heterocycles. The topological polar surface area (TPSA) is 130 Å². The number of ether oxygens (including phenoxy) is 1. The fourth-order valence-electron chi connectivity index (χ4n) is 6.49. The predicted molar refractivity (Wildman–Crippen MR) is 165 cm³/mol. The van der Waals surface area contributed by atoms with Crippen molar-refractivity contribution in [3.8, 4) is 11.4 Å². The van der Waals surface area contributed by atoms with Crippen LogP contribution < -0.4 is 10.3 Å². The SMILES string of the molecule is COc1cc(-n2ccc3c(=O)n(CC4(O)CCN(C(=O)[C@@H]5CCN(C(=O)O)C[C@H]5c5ccccc5)CC4)cnc32)ccc1Cl. The highest BCUT2D eigenvalue weighted by Crippen LogP contribution is 2.35. The van der Waals surface area contributed by atoms with Crippen molar-refractivity contribution in [2.75, 3.05) is 33.3 Å². The van der Waals surface area contributed by atoms with Crippen LogP contribution in [0.4, 0.5) is 4.79 Å². The smallest absolute Gasteiger partial charge is 0.407 e. The van der Waals surface area contributed by atoms with Gasteiger partial charge in [-0.2, -0.15) is 0 Å². The Hall–Kier alpha value is -4.35. The molecule has 2 aromatic heterocycles. The molecule has 4 aromatic rings. The maximum absolute atomic E-state index is 13.8. The highest BCUT2D eigenvalue weighted by Gasteiger charge is 2.41. The normalized spacial score (nSPS) is 20.1. The zero-order valence-electron chi connectivity index (χ0n) is 24.3. The number of halogens is 1. The van der Waals surface area contributed by atoms with Gasteiger partial charge in [0.25, 0.3) is 5.56 Å². The molecule has 2 aromatic carbocycles. The summed E-state index contributed by atoms with van der Waals surface area (Å²) in [7, 11) is 1.53. The second-order valence-electron chi connectivity index (χ2n) is 11.6. The average Bonchev–Trinajstić information content (AvgIpc) is 3.48. The molecule has 2 atom stereocenters. The first-order valence-electron chi connectivity index (χ1n) is 14.6. The number of methoxy groups -OCH3 is 1. The van der Waals surface area contributed by atoms with Crippen molar-refractivity contribution in [1.82, 2.24) is 23.9 Å². The van der Waals surface area contributed by atoms with Crippen molar-refractivity contribution in [1.29, 1.82) is 0 Å². The van der Waals surface area contributed by atoms with Crippen LogP contribution in [0.5, 0.6) is 5.75 Å². The number of rotatable bonds is 6. The number of carbonyl (C=O) groups excluding carboxylic acids is 1. The molecule has 2 aliphatic heterocycles. The van der Waals surface area contributed by atoms with E-state index in [1.807, 2.05) is 36.4 Å². The van der Waals surface area contributed by atoms with Crippen LogP contribution in [0.1, 0.15) is 30.7 Å². The van der Waals surface area contributed by atoms with E-state index in [9.17, 15) is 24.6 Å². The van der Waals surface area contributed by atoms with E-state index in [-0.39, 0.29) is 36.4 Å². The third-order valence-corrected chi connectivity index (χ3v) is 9.29. The van der Waals surface area contributed by atoms with Gasteiger partial charge in [-0.05, 0) is 43.0 Å². The van der Waals surface area contributed by atoms with Gasteiger partial charge in [0, 0.05) is 50.3 Å². The van der Waals surface area contributed by atoms with E-state index in [2.05, 4.69) is 4.98 Å². The Bertz CT molecular complexity index is 1750. The lowest BCUT2D eigenvalue weighted by molar-refractivity contribution is -0.142. The molecule has 230 valence electrons. The van der Waals surface area contributed by atoms with E-state index in [0.29, 0.717) is 60.7 Å². The Labute approximate surface area is 258 Å². The van der Waals surface area contributed by atoms with Gasteiger partial charge < -0.3 is 29.3 Å². The largest absolute Gasteiger partial charge is 0.495 e. The Balaban J connectivity index is 1.15. The number of carboxylic acid groups (broad SMARTS) is 1. The van der Waals surface area contributed by atoms with Crippen molar-refractivity contribution in [2.45, 2.75) is 37.3 Å². The van der Waals surface area contributed by atoms with Crippen LogP contribution in [0.2, 0.25) is 5.02 Å². The highest BCUT2D eigenvalue weighted by molar-refractivity contribution is 6.32. The lowest BCUT2D eigenvalue weighted by Gasteiger charge is -2.42. The quantitative estimate of drug-likeness (QED) is 0.334. The van der Waals surface area contributed by atoms with Gasteiger partial charge >= 0.3 is 6.09 Å². The maximum atomic E-state index is 13.8. The summed E-state index contributed by atoms with van der Waals surface area (Å²) in [5.41, 5.74) is 0.705. The average molecular weight is 620 g/mol. The summed E-state index contributed by atoms with van der Waals surface area (Å²) in [5.74, 6) is -0.107. The molecule has 0 saturated carbocycles. The number of aliphatic hydroxyl groups is 1. The first kappa shape index (κ1) is 29.7. The van der Waals surface area contributed by atoms with E-state index < -0.39 is 11.7 Å². The molecule has 0 aliphatic carbocycles. The van der Waals surface area contributed by atoms with E-state index in [0.717, 1.165) is 11.3 Å². The Morgan fingerprint density at radius 1 is 1.07 bits per heavy atom. The first-order valence-corrected chi connectivity index (χ1v) is 15.0. The number of carbonyl (C=O) groups is 2. The second kappa shape index (κ2) is 12.0. The molecule has 2 N–H and O–H groups in total. The fourth-order valence-corrected chi connectivity index (χ4v) is 6.68. The van der Waals surface area contributed by atoms with Gasteiger partial charge in [-0.15, -0.1) is 0 Å². The molecule has 6 rings (SSSR count). The van der Waals surface area contributed by atoms with E-state index in [1.54, 1.807) is 33.9 Å². The highest BCUT2D eigenvalue weighted by atomic mass is 35.5. The number of hydrogen-bond acceptors (Lipinski definition) is 6. The summed E-state index contributed by atoms with van der Waals surface area (Å²) in [6.45, 7) is 1.31. The second-order valence-corrected chi connectivity index (χ2v) is 12.0. The molecule has 12 heteroatoms. The molecule has 2 amide bonds. The molecule has 0 bridgehead atoms. The lowest BCUT2D eigenvalue weighted by Crippen LogP contribution is -2.53. The molecule has 2 saturated heterocycles. The lowest BCUT2D eigenvalue weighted by atomic mass is 9.79. The number of aromatic nitrogens is 3. The van der Waals surface area contributed by atoms with Crippen LogP contribution in [-0.4, -0.2) is 85.0 Å². The number of piperidine rings is 2. The molecule has 0 spiro atoms. The van der Waals surface area contributed by atoms with Crippen molar-refractivity contribution in [2.24, 2.45) is 5.92 Å². The summed E-state index contributed by atoms with van der Waals surface area (Å²) in [6.07, 6.45) is 3.27. The van der Waals surface area contributed by atoms with Crippen LogP contribution in [0, 0.1) is 5.92 Å². The number of amides is 2. The van der Waals surface area contributed by atoms with Crippen LogP contribution in [-0.2, 0) is 11.3 Å². The van der Waals surface area contributed by atoms with Gasteiger partial charge in [0.05, 0.1) is 35.4 Å². The van der Waals surface area contributed by atoms with Crippen LogP contribution >= 0.6 is 11.6 Å². The van der Waals surface area contributed by atoms with E-state index in [1.165, 1.54) is 22.9 Å². The van der Waals surface area contributed by atoms with Crippen molar-refractivity contribution < 1.29 is 24.5 Å². The minimum absolute atomic E-state index is 0.0219. The molecule has 11 nitrogen and oxygen atoms in total. The molecule has 0 unspecified atom stereocenters. The Kier molecular flexibility index (Phi) is 8.08. The third kappa shape index (κ3) is 5.65. The van der Waals surface area contributed by atoms with E-state index in [4.69, 9.17) is 16.3 Å². The zero-order valence-corrected chi connectivity index (χ0v) is 25.1. The third-order valence-electron chi connectivity index (χ3n) is 8.98. The predicted octanol–water partition coefficient (Wildman–Crippen LogP) is 3.99. The molecule has 44 heavy (non-hydrogen) atoms. The molecule has 2 fully saturated rings. The first-order chi connectivity index (χ1) is 21.2. The zero-order chi connectivity index (χ0) is 31.0. The number of fused-ring (bicyclic) bond motifs is 1. The minimum atomic E-state index is -1.19. The molecular formula is C32H34ClN5O6. The number of hydrogen-bond donors (Lipinski definition) is 2. The number of nitrogens with zero attached hydrogens (tertiary/aromatic N) is 5. The Morgan fingerprint density at radius 3 is 2.52 bits per heavy atom. The molecular weight excluding hydrogens is 586 g/mol. The van der Waals surface area contributed by atoms with Gasteiger partial charge in [0.2, 0.25) is 5.91 Å². The monoisotopic (exact) mass is 619 g/mol. The Morgan fingerprint density at radius 2 is 1.82 bits per heavy atom. The van der Waals surface area contributed by atoms with Crippen molar-refractivity contribution in [3.63, 3.8) is 0 Å². The van der Waals surface area contributed by atoms with Gasteiger partial charge in [-0.1, -0.05) is 41.9 Å². The molecule has 2 aliphatic rings. The van der Waals surface area contributed by atoms with Crippen LogP contribution in [0.25, 0.3) is 16.7 Å². The van der Waals surface area contributed by atoms with Gasteiger partial charge in [0.15, 0.2) is 5.65 Å². The van der Waals surface area contributed by atoms with Crippen molar-refractivity contribution >= 4 is 34.6 Å². The van der Waals surface area contributed by atoms with Gasteiger partial charge in [-0.25, -0.2) is 9.78 Å². The number of likely N-dealkylation sites (tertiary alicyclic amines) is 2. The summed E-state index contributed by atoms with van der Waals surface area (Å²) >= 11 is 6.17. The maximum Gasteiger partial charge on any atom is 0.407 e. The summed E-state index contributed by atoms with van der Waals surface area (Å²) in [6, 6.07) is 16.6. The summed E-state index contributed by atoms with van der Waals surface area (Å²) in [4.78, 5) is 46.6. The van der Waals surface area contributed by atoms with Crippen LogP contribution in [0.15, 0.2) is 71.9 Å². The summed E-state index contributed by atoms with van der Waals surface area (Å²) < 4.78 is 8.53. The minimum Gasteiger partial charge on any atom is -0.495 e. The van der Waals surface area contributed by atoms with Gasteiger partial charge in [-0.3, -0.25) is 14.2 Å². The van der Waals surface area contributed by atoms with Crippen molar-refractivity contribution in [3.05, 3.63) is 88.1 Å². The fraction of sp³-hybridized carbons (Fsp3) is 0.375. The van der Waals surface area contributed by atoms with Gasteiger partial charge in [0.1, 0.15) is 12.1 Å². The summed E-state index contributed by atoms with van der Waals surface area (Å²) in [5, 5.41) is 22.0. The standard InChI is InChI=1S/C32H34ClN5O6/c1-44-27-17-22(7-8-26(27)33)38-14-10-24-28(38)34-20-37(30(24)40)19-32(43)11-15-35(16-12-32)29(39)23-9-13-36(31(41)42)18-25(23)21-5-3-2-4-6-21/h2-8,10,14,17,20,23,25,43H,9,11-13,15-16,18-19H2,1H3,(H,41,42)/t23-,25+/m1/s1. The van der Waals surface area contributed by atoms with E-state index >= 15 is 0 Å². The number of benzene rings is 2.